The number of aryl methyl sites for hydroxylation is 1. The predicted octanol–water partition coefficient (Wildman–Crippen LogP) is 3.67. The summed E-state index contributed by atoms with van der Waals surface area (Å²) in [6, 6.07) is 8.39. The molecule has 1 aromatic heterocycles. The van der Waals surface area contributed by atoms with E-state index >= 15 is 0 Å². The van der Waals surface area contributed by atoms with E-state index in [1.54, 1.807) is 14.2 Å². The third-order valence-corrected chi connectivity index (χ3v) is 5.26. The first kappa shape index (κ1) is 17.7. The third-order valence-electron chi connectivity index (χ3n) is 5.26. The van der Waals surface area contributed by atoms with Gasteiger partial charge in [-0.15, -0.1) is 0 Å². The van der Waals surface area contributed by atoms with Gasteiger partial charge in [0.1, 0.15) is 0 Å². The van der Waals surface area contributed by atoms with Crippen LogP contribution in [0.3, 0.4) is 0 Å². The summed E-state index contributed by atoms with van der Waals surface area (Å²) in [4.78, 5) is 4.61. The lowest BCUT2D eigenvalue weighted by Gasteiger charge is -2.28. The number of pyridine rings is 1. The molecule has 3 rings (SSSR count). The minimum Gasteiger partial charge on any atom is -0.481 e. The lowest BCUT2D eigenvalue weighted by molar-refractivity contribution is 0.0647. The minimum atomic E-state index is 0.371. The third kappa shape index (κ3) is 3.61. The van der Waals surface area contributed by atoms with Crippen LogP contribution >= 0.6 is 0 Å². The van der Waals surface area contributed by atoms with Gasteiger partial charge in [0.15, 0.2) is 0 Å². The highest BCUT2D eigenvalue weighted by molar-refractivity contribution is 6.04. The molecule has 1 fully saturated rings. The van der Waals surface area contributed by atoms with Crippen molar-refractivity contribution in [1.82, 2.24) is 4.98 Å². The van der Waals surface area contributed by atoms with Crippen molar-refractivity contribution < 1.29 is 9.47 Å². The van der Waals surface area contributed by atoms with Crippen molar-refractivity contribution in [3.05, 3.63) is 35.4 Å². The fraction of sp³-hybridized carbons (Fsp3) is 0.500. The number of hydrogen-bond donors (Lipinski definition) is 1. The number of fused-ring (bicyclic) bond motifs is 1. The van der Waals surface area contributed by atoms with E-state index in [0.717, 1.165) is 59.8 Å². The fourth-order valence-electron chi connectivity index (χ4n) is 3.78. The first-order valence-corrected chi connectivity index (χ1v) is 8.98. The molecule has 1 heterocycles. The highest BCUT2D eigenvalue weighted by atomic mass is 16.5. The van der Waals surface area contributed by atoms with E-state index in [9.17, 15) is 0 Å². The molecule has 2 N–H and O–H groups in total. The maximum Gasteiger partial charge on any atom is 0.216 e. The lowest BCUT2D eigenvalue weighted by atomic mass is 9.82. The van der Waals surface area contributed by atoms with Crippen LogP contribution in [0, 0.1) is 5.92 Å². The Bertz CT molecular complexity index is 765. The van der Waals surface area contributed by atoms with Gasteiger partial charge in [-0.3, -0.25) is 0 Å². The molecular weight excluding hydrogens is 314 g/mol. The van der Waals surface area contributed by atoms with Gasteiger partial charge in [-0.1, -0.05) is 13.0 Å². The molecule has 1 aromatic carbocycles. The number of ether oxygens (including phenoxy) is 2. The number of benzene rings is 1. The topological polar surface area (TPSA) is 69.7 Å². The van der Waals surface area contributed by atoms with Gasteiger partial charge in [0.05, 0.1) is 24.4 Å². The Morgan fingerprint density at radius 1 is 1.20 bits per heavy atom. The summed E-state index contributed by atoms with van der Waals surface area (Å²) >= 11 is 0. The number of nitrogens with two attached hydrogens (primary N) is 1. The maximum absolute atomic E-state index is 5.77. The molecule has 0 saturated heterocycles. The van der Waals surface area contributed by atoms with E-state index in [1.807, 2.05) is 6.07 Å². The molecule has 1 saturated carbocycles. The molecule has 0 spiro atoms. The van der Waals surface area contributed by atoms with Crippen LogP contribution in [0.1, 0.15) is 43.7 Å². The van der Waals surface area contributed by atoms with E-state index in [1.165, 1.54) is 0 Å². The Balaban J connectivity index is 1.92. The molecule has 0 amide bonds. The van der Waals surface area contributed by atoms with Gasteiger partial charge in [-0.2, -0.15) is 5.10 Å². The van der Waals surface area contributed by atoms with E-state index < -0.39 is 0 Å². The molecule has 5 heteroatoms. The van der Waals surface area contributed by atoms with Gasteiger partial charge < -0.3 is 15.3 Å². The standard InChI is InChI=1S/C20H27N3O2/c1-4-13-11-16-12-15(7-10-18(16)22-20(13)25-3)19(23-21)14-5-8-17(24-2)9-6-14/h7,10-12,14,17H,4-6,8-9,21H2,1-3H3/b23-19+. The Kier molecular flexibility index (Phi) is 5.53. The summed E-state index contributed by atoms with van der Waals surface area (Å²) in [5, 5.41) is 5.25. The van der Waals surface area contributed by atoms with Crippen molar-refractivity contribution in [2.24, 2.45) is 16.9 Å². The summed E-state index contributed by atoms with van der Waals surface area (Å²) < 4.78 is 10.9. The molecule has 5 nitrogen and oxygen atoms in total. The molecule has 0 unspecified atom stereocenters. The van der Waals surface area contributed by atoms with Crippen LogP contribution in [0.15, 0.2) is 29.4 Å². The van der Waals surface area contributed by atoms with Crippen LogP contribution < -0.4 is 10.6 Å². The zero-order valence-electron chi connectivity index (χ0n) is 15.3. The van der Waals surface area contributed by atoms with E-state index in [0.29, 0.717) is 17.9 Å². The maximum atomic E-state index is 5.77. The normalized spacial score (nSPS) is 21.5. The van der Waals surface area contributed by atoms with Crippen LogP contribution in [0.2, 0.25) is 0 Å². The zero-order chi connectivity index (χ0) is 17.8. The van der Waals surface area contributed by atoms with Crippen LogP contribution in [-0.2, 0) is 11.2 Å². The smallest absolute Gasteiger partial charge is 0.216 e. The van der Waals surface area contributed by atoms with Crippen molar-refractivity contribution in [2.45, 2.75) is 45.1 Å². The van der Waals surface area contributed by atoms with Crippen molar-refractivity contribution in [3.8, 4) is 5.88 Å². The SMILES string of the molecule is CCc1cc2cc(/C(=N/N)C3CCC(OC)CC3)ccc2nc1OC. The highest BCUT2D eigenvalue weighted by Crippen LogP contribution is 2.30. The molecule has 0 aliphatic heterocycles. The van der Waals surface area contributed by atoms with Crippen molar-refractivity contribution in [3.63, 3.8) is 0 Å². The van der Waals surface area contributed by atoms with Crippen LogP contribution in [-0.4, -0.2) is 31.0 Å². The van der Waals surface area contributed by atoms with Gasteiger partial charge in [0, 0.05) is 24.0 Å². The van der Waals surface area contributed by atoms with Gasteiger partial charge >= 0.3 is 0 Å². The van der Waals surface area contributed by atoms with Crippen LogP contribution in [0.25, 0.3) is 10.9 Å². The average Bonchev–Trinajstić information content (AvgIpc) is 2.67. The minimum absolute atomic E-state index is 0.371. The first-order chi connectivity index (χ1) is 12.2. The van der Waals surface area contributed by atoms with Crippen molar-refractivity contribution >= 4 is 16.6 Å². The van der Waals surface area contributed by atoms with Gasteiger partial charge in [0.2, 0.25) is 5.88 Å². The molecule has 0 bridgehead atoms. The molecule has 1 aliphatic carbocycles. The largest absolute Gasteiger partial charge is 0.481 e. The number of rotatable bonds is 5. The Morgan fingerprint density at radius 2 is 1.96 bits per heavy atom. The number of methoxy groups -OCH3 is 2. The monoisotopic (exact) mass is 341 g/mol. The van der Waals surface area contributed by atoms with Crippen LogP contribution in [0.4, 0.5) is 0 Å². The summed E-state index contributed by atoms with van der Waals surface area (Å²) in [7, 11) is 3.45. The zero-order valence-corrected chi connectivity index (χ0v) is 15.3. The second-order valence-corrected chi connectivity index (χ2v) is 6.64. The summed E-state index contributed by atoms with van der Waals surface area (Å²) in [6.07, 6.45) is 5.51. The van der Waals surface area contributed by atoms with Gasteiger partial charge in [0.25, 0.3) is 0 Å². The second kappa shape index (κ2) is 7.83. The number of nitrogens with zero attached hydrogens (tertiary/aromatic N) is 2. The summed E-state index contributed by atoms with van der Waals surface area (Å²) in [5.41, 5.74) is 4.12. The lowest BCUT2D eigenvalue weighted by Crippen LogP contribution is -2.26. The second-order valence-electron chi connectivity index (χ2n) is 6.64. The molecule has 0 atom stereocenters. The first-order valence-electron chi connectivity index (χ1n) is 8.98. The molecular formula is C20H27N3O2. The number of aromatic nitrogens is 1. The van der Waals surface area contributed by atoms with E-state index in [4.69, 9.17) is 15.3 Å². The molecule has 2 aromatic rings. The number of hydrogen-bond acceptors (Lipinski definition) is 5. The van der Waals surface area contributed by atoms with Crippen LogP contribution in [0.5, 0.6) is 5.88 Å². The Hall–Kier alpha value is -2.14. The quantitative estimate of drug-likeness (QED) is 0.512. The average molecular weight is 341 g/mol. The highest BCUT2D eigenvalue weighted by Gasteiger charge is 2.25. The Labute approximate surface area is 149 Å². The summed E-state index contributed by atoms with van der Waals surface area (Å²) in [5.74, 6) is 6.87. The molecule has 25 heavy (non-hydrogen) atoms. The van der Waals surface area contributed by atoms with Gasteiger partial charge in [-0.05, 0) is 55.9 Å². The van der Waals surface area contributed by atoms with E-state index in [-0.39, 0.29) is 0 Å². The van der Waals surface area contributed by atoms with E-state index in [2.05, 4.69) is 35.2 Å². The molecule has 1 aliphatic rings. The van der Waals surface area contributed by atoms with Crippen molar-refractivity contribution in [2.75, 3.05) is 14.2 Å². The predicted molar refractivity (Wildman–Crippen MR) is 101 cm³/mol. The fourth-order valence-corrected chi connectivity index (χ4v) is 3.78. The summed E-state index contributed by atoms with van der Waals surface area (Å²) in [6.45, 7) is 2.11. The number of hydrazone groups is 1. The molecule has 0 radical (unpaired) electrons. The Morgan fingerprint density at radius 3 is 2.56 bits per heavy atom. The van der Waals surface area contributed by atoms with Gasteiger partial charge in [-0.25, -0.2) is 4.98 Å². The molecule has 134 valence electrons. The van der Waals surface area contributed by atoms with Crippen molar-refractivity contribution in [1.29, 1.82) is 0 Å².